The number of hydrogen-bond acceptors (Lipinski definition) is 0. The van der Waals surface area contributed by atoms with Gasteiger partial charge in [-0.25, -0.2) is 0 Å². The van der Waals surface area contributed by atoms with Gasteiger partial charge in [-0.15, -0.1) is 0 Å². The number of nitrogens with zero attached hydrogens (tertiary/aromatic N) is 3. The Morgan fingerprint density at radius 3 is 1.16 bits per heavy atom. The van der Waals surface area contributed by atoms with Gasteiger partial charge in [-0.05, 0) is 112 Å². The van der Waals surface area contributed by atoms with Gasteiger partial charge in [0.25, 0.3) is 0 Å². The molecule has 3 nitrogen and oxygen atoms in total. The van der Waals surface area contributed by atoms with Gasteiger partial charge in [-0.2, -0.15) is 0 Å². The molecule has 1 aliphatic rings. The first-order valence-corrected chi connectivity index (χ1v) is 22.2. The van der Waals surface area contributed by atoms with Crippen molar-refractivity contribution in [1.82, 2.24) is 13.7 Å². The van der Waals surface area contributed by atoms with E-state index in [4.69, 9.17) is 0 Å². The summed E-state index contributed by atoms with van der Waals surface area (Å²) in [7, 11) is 0. The first-order chi connectivity index (χ1) is 31.8. The highest BCUT2D eigenvalue weighted by molar-refractivity contribution is 6.14. The summed E-state index contributed by atoms with van der Waals surface area (Å²) in [5.41, 5.74) is 17.8. The Bertz CT molecular complexity index is 3920. The lowest BCUT2D eigenvalue weighted by Gasteiger charge is -2.34. The highest BCUT2D eigenvalue weighted by atomic mass is 15.0. The van der Waals surface area contributed by atoms with E-state index in [1.54, 1.807) is 0 Å². The monoisotopic (exact) mass is 813 g/mol. The summed E-state index contributed by atoms with van der Waals surface area (Å²) in [4.78, 5) is 0. The van der Waals surface area contributed by atoms with E-state index in [1.165, 1.54) is 98.8 Å². The normalized spacial score (nSPS) is 13.1. The Morgan fingerprint density at radius 1 is 0.234 bits per heavy atom. The Morgan fingerprint density at radius 2 is 0.609 bits per heavy atom. The van der Waals surface area contributed by atoms with Crippen LogP contribution >= 0.6 is 0 Å². The fourth-order valence-corrected chi connectivity index (χ4v) is 11.5. The van der Waals surface area contributed by atoms with Crippen LogP contribution in [0, 0.1) is 0 Å². The highest BCUT2D eigenvalue weighted by Crippen LogP contribution is 2.56. The first kappa shape index (κ1) is 35.2. The number of rotatable bonds is 5. The molecule has 3 aromatic heterocycles. The fourth-order valence-electron chi connectivity index (χ4n) is 11.5. The van der Waals surface area contributed by atoms with Gasteiger partial charge in [-0.1, -0.05) is 158 Å². The van der Waals surface area contributed by atoms with Gasteiger partial charge in [0.1, 0.15) is 0 Å². The quantitative estimate of drug-likeness (QED) is 0.164. The van der Waals surface area contributed by atoms with Crippen LogP contribution in [0.4, 0.5) is 0 Å². The highest BCUT2D eigenvalue weighted by Gasteiger charge is 2.46. The summed E-state index contributed by atoms with van der Waals surface area (Å²) in [6, 6.07) is 87.7. The smallest absolute Gasteiger partial charge is 0.0713 e. The van der Waals surface area contributed by atoms with Crippen molar-refractivity contribution in [2.45, 2.75) is 5.41 Å². The van der Waals surface area contributed by atoms with Crippen LogP contribution in [-0.4, -0.2) is 13.7 Å². The largest absolute Gasteiger partial charge is 0.309 e. The van der Waals surface area contributed by atoms with E-state index in [0.29, 0.717) is 0 Å². The van der Waals surface area contributed by atoms with Crippen molar-refractivity contribution in [3.63, 3.8) is 0 Å². The molecule has 10 aromatic carbocycles. The van der Waals surface area contributed by atoms with Gasteiger partial charge in [0.15, 0.2) is 0 Å². The van der Waals surface area contributed by atoms with Crippen LogP contribution in [-0.2, 0) is 5.41 Å². The molecule has 0 fully saturated rings. The number of hydrogen-bond donors (Lipinski definition) is 0. The van der Waals surface area contributed by atoms with Crippen LogP contribution in [0.2, 0.25) is 0 Å². The summed E-state index contributed by atoms with van der Waals surface area (Å²) < 4.78 is 7.32. The molecule has 13 aromatic rings. The molecule has 64 heavy (non-hydrogen) atoms. The van der Waals surface area contributed by atoms with Crippen molar-refractivity contribution in [3.05, 3.63) is 259 Å². The zero-order valence-electron chi connectivity index (χ0n) is 34.9. The third-order valence-electron chi connectivity index (χ3n) is 14.1. The van der Waals surface area contributed by atoms with E-state index in [-0.39, 0.29) is 0 Å². The van der Waals surface area contributed by atoms with Crippen LogP contribution in [0.5, 0.6) is 0 Å². The number of aromatic nitrogens is 3. The average molecular weight is 814 g/mol. The lowest BCUT2D eigenvalue weighted by atomic mass is 9.67. The van der Waals surface area contributed by atoms with Crippen LogP contribution < -0.4 is 0 Å². The second kappa shape index (κ2) is 13.3. The van der Waals surface area contributed by atoms with Gasteiger partial charge >= 0.3 is 0 Å². The lowest BCUT2D eigenvalue weighted by molar-refractivity contribution is 0.770. The minimum absolute atomic E-state index is 0.514. The van der Waals surface area contributed by atoms with Crippen molar-refractivity contribution in [2.75, 3.05) is 0 Å². The molecule has 0 unspecified atom stereocenters. The topological polar surface area (TPSA) is 14.8 Å². The molecule has 0 amide bonds. The van der Waals surface area contributed by atoms with Gasteiger partial charge in [0.2, 0.25) is 0 Å². The Labute approximate surface area is 369 Å². The van der Waals surface area contributed by atoms with Crippen LogP contribution in [0.25, 0.3) is 93.6 Å². The number of para-hydroxylation sites is 4. The van der Waals surface area contributed by atoms with Gasteiger partial charge in [0, 0.05) is 49.4 Å². The fraction of sp³-hybridized carbons (Fsp3) is 0.0164. The Balaban J connectivity index is 1.09. The first-order valence-electron chi connectivity index (χ1n) is 22.2. The zero-order chi connectivity index (χ0) is 41.9. The number of benzene rings is 10. The van der Waals surface area contributed by atoms with Gasteiger partial charge in [-0.3, -0.25) is 0 Å². The summed E-state index contributed by atoms with van der Waals surface area (Å²) >= 11 is 0. The average Bonchev–Trinajstić information content (AvgIpc) is 4.08. The molecule has 0 saturated carbocycles. The van der Waals surface area contributed by atoms with Crippen molar-refractivity contribution in [1.29, 1.82) is 0 Å². The van der Waals surface area contributed by atoms with Crippen LogP contribution in [0.15, 0.2) is 237 Å². The lowest BCUT2D eigenvalue weighted by Crippen LogP contribution is -2.28. The van der Waals surface area contributed by atoms with Crippen LogP contribution in [0.3, 0.4) is 0 Å². The second-order valence-electron chi connectivity index (χ2n) is 17.2. The predicted molar refractivity (Wildman–Crippen MR) is 267 cm³/mol. The van der Waals surface area contributed by atoms with Crippen LogP contribution in [0.1, 0.15) is 22.3 Å². The molecule has 0 spiro atoms. The molecule has 0 saturated heterocycles. The molecule has 298 valence electrons. The number of fused-ring (bicyclic) bond motifs is 12. The standard InChI is InChI=1S/C61H39N3/c1-3-17-40(18-4-1)61(53-26-12-7-21-45(53)46-22-8-13-27-54(46)61)41-31-34-58-50(37-41)52-39-44(63-55-28-14-9-23-47(55)48-24-10-15-29-56(48)63)33-36-60(52)64(58)43-32-35-59-51(38-43)49-25-11-16-30-57(49)62(59)42-19-5-2-6-20-42/h1-39H. The molecule has 0 atom stereocenters. The second-order valence-corrected chi connectivity index (χ2v) is 17.2. The molecule has 14 rings (SSSR count). The van der Waals surface area contributed by atoms with Gasteiger partial charge in [0.05, 0.1) is 38.5 Å². The predicted octanol–water partition coefficient (Wildman–Crippen LogP) is 15.3. The molecular formula is C61H39N3. The van der Waals surface area contributed by atoms with E-state index in [9.17, 15) is 0 Å². The van der Waals surface area contributed by atoms with E-state index in [1.807, 2.05) is 0 Å². The van der Waals surface area contributed by atoms with Crippen molar-refractivity contribution in [3.8, 4) is 28.2 Å². The Kier molecular flexibility index (Phi) is 7.32. The maximum absolute atomic E-state index is 2.51. The minimum atomic E-state index is -0.514. The molecule has 0 N–H and O–H groups in total. The molecule has 0 bridgehead atoms. The molecular weight excluding hydrogens is 775 g/mol. The third kappa shape index (κ3) is 4.70. The van der Waals surface area contributed by atoms with E-state index in [0.717, 1.165) is 17.1 Å². The third-order valence-corrected chi connectivity index (χ3v) is 14.1. The summed E-state index contributed by atoms with van der Waals surface area (Å²) in [5, 5.41) is 7.42. The van der Waals surface area contributed by atoms with Gasteiger partial charge < -0.3 is 13.7 Å². The summed E-state index contributed by atoms with van der Waals surface area (Å²) in [6.45, 7) is 0. The molecule has 3 heterocycles. The van der Waals surface area contributed by atoms with E-state index in [2.05, 4.69) is 250 Å². The summed E-state index contributed by atoms with van der Waals surface area (Å²) in [5.74, 6) is 0. The van der Waals surface area contributed by atoms with Crippen molar-refractivity contribution >= 4 is 65.4 Å². The zero-order valence-corrected chi connectivity index (χ0v) is 34.9. The van der Waals surface area contributed by atoms with Crippen molar-refractivity contribution < 1.29 is 0 Å². The van der Waals surface area contributed by atoms with E-state index < -0.39 is 5.41 Å². The van der Waals surface area contributed by atoms with E-state index >= 15 is 0 Å². The van der Waals surface area contributed by atoms with Crippen molar-refractivity contribution in [2.24, 2.45) is 0 Å². The maximum Gasteiger partial charge on any atom is 0.0713 e. The molecule has 3 heteroatoms. The summed E-state index contributed by atoms with van der Waals surface area (Å²) in [6.07, 6.45) is 0. The molecule has 0 aliphatic heterocycles. The minimum Gasteiger partial charge on any atom is -0.309 e. The SMILES string of the molecule is c1ccc(-n2c3ccccc3c3cc(-n4c5ccc(-n6c7ccccc7c7ccccc76)cc5c5cc(C6(c7ccccc7)c7ccccc7-c7ccccc76)ccc54)ccc32)cc1. The Hall–Kier alpha value is -8.40. The molecule has 0 radical (unpaired) electrons. The maximum atomic E-state index is 2.51. The molecule has 1 aliphatic carbocycles.